The van der Waals surface area contributed by atoms with Crippen LogP contribution in [0.5, 0.6) is 0 Å². The molecule has 0 amide bonds. The topological polar surface area (TPSA) is 93.4 Å². The van der Waals surface area contributed by atoms with Crippen LogP contribution in [0.4, 0.5) is 5.69 Å². The molecule has 0 bridgehead atoms. The lowest BCUT2D eigenvalue weighted by molar-refractivity contribution is 0.771. The average molecular weight is 242 g/mol. The summed E-state index contributed by atoms with van der Waals surface area (Å²) in [5.41, 5.74) is 6.66. The van der Waals surface area contributed by atoms with Gasteiger partial charge < -0.3 is 5.73 Å². The Hall–Kier alpha value is -2.42. The maximum Gasteiger partial charge on any atom is 0.180 e. The van der Waals surface area contributed by atoms with Crippen molar-refractivity contribution in [2.45, 2.75) is 26.7 Å². The quantitative estimate of drug-likeness (QED) is 0.873. The number of anilines is 1. The smallest absolute Gasteiger partial charge is 0.180 e. The number of nitrogens with two attached hydrogens (primary N) is 1. The zero-order valence-electron chi connectivity index (χ0n) is 10.4. The fourth-order valence-electron chi connectivity index (χ4n) is 1.67. The number of nitriles is 1. The summed E-state index contributed by atoms with van der Waals surface area (Å²) < 4.78 is 1.62. The van der Waals surface area contributed by atoms with Gasteiger partial charge in [-0.25, -0.2) is 9.97 Å². The van der Waals surface area contributed by atoms with E-state index >= 15 is 0 Å². The molecule has 0 aromatic carbocycles. The molecule has 0 fully saturated rings. The van der Waals surface area contributed by atoms with Gasteiger partial charge >= 0.3 is 0 Å². The number of nitrogens with zero attached hydrogens (tertiary/aromatic N) is 5. The molecule has 0 radical (unpaired) electrons. The Morgan fingerprint density at radius 1 is 1.39 bits per heavy atom. The number of hydrogen-bond acceptors (Lipinski definition) is 5. The van der Waals surface area contributed by atoms with E-state index in [1.807, 2.05) is 19.9 Å². The van der Waals surface area contributed by atoms with Gasteiger partial charge in [0.1, 0.15) is 11.9 Å². The largest absolute Gasteiger partial charge is 0.395 e. The highest BCUT2D eigenvalue weighted by molar-refractivity contribution is 5.63. The van der Waals surface area contributed by atoms with Crippen molar-refractivity contribution >= 4 is 5.69 Å². The van der Waals surface area contributed by atoms with Crippen LogP contribution in [-0.2, 0) is 12.8 Å². The molecule has 2 aromatic heterocycles. The van der Waals surface area contributed by atoms with Crippen LogP contribution >= 0.6 is 0 Å². The molecule has 2 aromatic rings. The Morgan fingerprint density at radius 2 is 2.17 bits per heavy atom. The molecule has 0 saturated heterocycles. The minimum atomic E-state index is 0.335. The second-order valence-corrected chi connectivity index (χ2v) is 3.77. The number of hydrogen-bond donors (Lipinski definition) is 1. The molecule has 2 N–H and O–H groups in total. The highest BCUT2D eigenvalue weighted by Crippen LogP contribution is 2.19. The Kier molecular flexibility index (Phi) is 3.24. The number of aromatic nitrogens is 4. The summed E-state index contributed by atoms with van der Waals surface area (Å²) in [4.78, 5) is 8.59. The van der Waals surface area contributed by atoms with Crippen LogP contribution in [0.15, 0.2) is 12.3 Å². The normalized spacial score (nSPS) is 10.3. The molecule has 2 heterocycles. The fraction of sp³-hybridized carbons (Fsp3) is 0.333. The van der Waals surface area contributed by atoms with Crippen molar-refractivity contribution in [1.82, 2.24) is 19.7 Å². The molecular weight excluding hydrogens is 228 g/mol. The van der Waals surface area contributed by atoms with E-state index in [1.165, 1.54) is 0 Å². The third-order valence-electron chi connectivity index (χ3n) is 2.64. The van der Waals surface area contributed by atoms with Crippen molar-refractivity contribution in [3.63, 3.8) is 0 Å². The number of rotatable bonds is 3. The van der Waals surface area contributed by atoms with Crippen molar-refractivity contribution in [2.24, 2.45) is 0 Å². The standard InChI is InChI=1S/C12H14N6/c1-3-9-16-10(4-2)18(17-9)12-11(14)8(7-13)5-6-15-12/h5-6H,3-4,14H2,1-2H3. The predicted octanol–water partition coefficient (Wildman–Crippen LogP) is 1.24. The molecule has 0 atom stereocenters. The van der Waals surface area contributed by atoms with Gasteiger partial charge in [-0.3, -0.25) is 0 Å². The molecule has 0 aliphatic carbocycles. The second-order valence-electron chi connectivity index (χ2n) is 3.77. The zero-order chi connectivity index (χ0) is 13.1. The highest BCUT2D eigenvalue weighted by atomic mass is 15.4. The first-order valence-corrected chi connectivity index (χ1v) is 5.81. The van der Waals surface area contributed by atoms with Gasteiger partial charge in [-0.2, -0.15) is 9.94 Å². The van der Waals surface area contributed by atoms with Gasteiger partial charge in [0.25, 0.3) is 0 Å². The zero-order valence-corrected chi connectivity index (χ0v) is 10.4. The van der Waals surface area contributed by atoms with Crippen LogP contribution in [0.2, 0.25) is 0 Å². The van der Waals surface area contributed by atoms with E-state index in [1.54, 1.807) is 16.9 Å². The SMILES string of the molecule is CCc1nc(CC)n(-c2nccc(C#N)c2N)n1. The first-order valence-electron chi connectivity index (χ1n) is 5.81. The molecule has 6 nitrogen and oxygen atoms in total. The highest BCUT2D eigenvalue weighted by Gasteiger charge is 2.14. The van der Waals surface area contributed by atoms with Gasteiger partial charge in [0, 0.05) is 19.0 Å². The second kappa shape index (κ2) is 4.84. The van der Waals surface area contributed by atoms with Crippen molar-refractivity contribution in [3.8, 4) is 11.9 Å². The van der Waals surface area contributed by atoms with Gasteiger partial charge in [0.05, 0.1) is 11.3 Å². The molecule has 0 spiro atoms. The maximum absolute atomic E-state index is 8.96. The maximum atomic E-state index is 8.96. The van der Waals surface area contributed by atoms with Crippen LogP contribution in [0.25, 0.3) is 5.82 Å². The summed E-state index contributed by atoms with van der Waals surface area (Å²) >= 11 is 0. The van der Waals surface area contributed by atoms with Crippen LogP contribution in [-0.4, -0.2) is 19.7 Å². The Bertz CT molecular complexity index is 608. The van der Waals surface area contributed by atoms with Crippen molar-refractivity contribution in [3.05, 3.63) is 29.5 Å². The molecule has 18 heavy (non-hydrogen) atoms. The summed E-state index contributed by atoms with van der Waals surface area (Å²) in [6.07, 6.45) is 3.03. The predicted molar refractivity (Wildman–Crippen MR) is 67.0 cm³/mol. The molecule has 0 aliphatic heterocycles. The fourth-order valence-corrected chi connectivity index (χ4v) is 1.67. The molecular formula is C12H14N6. The molecule has 0 aliphatic rings. The van der Waals surface area contributed by atoms with Crippen LogP contribution < -0.4 is 5.73 Å². The lowest BCUT2D eigenvalue weighted by atomic mass is 10.2. The number of aryl methyl sites for hydroxylation is 2. The Morgan fingerprint density at radius 3 is 2.78 bits per heavy atom. The van der Waals surface area contributed by atoms with Crippen molar-refractivity contribution < 1.29 is 0 Å². The third-order valence-corrected chi connectivity index (χ3v) is 2.64. The van der Waals surface area contributed by atoms with E-state index < -0.39 is 0 Å². The molecule has 0 unspecified atom stereocenters. The van der Waals surface area contributed by atoms with Crippen molar-refractivity contribution in [2.75, 3.05) is 5.73 Å². The van der Waals surface area contributed by atoms with E-state index in [-0.39, 0.29) is 0 Å². The van der Waals surface area contributed by atoms with Crippen LogP contribution in [0.3, 0.4) is 0 Å². The third kappa shape index (κ3) is 1.91. The molecule has 0 saturated carbocycles. The molecule has 6 heteroatoms. The average Bonchev–Trinajstić information content (AvgIpc) is 2.82. The van der Waals surface area contributed by atoms with Crippen LogP contribution in [0.1, 0.15) is 31.1 Å². The monoisotopic (exact) mass is 242 g/mol. The van der Waals surface area contributed by atoms with E-state index in [4.69, 9.17) is 11.0 Å². The van der Waals surface area contributed by atoms with E-state index in [2.05, 4.69) is 15.1 Å². The lowest BCUT2D eigenvalue weighted by Crippen LogP contribution is -2.09. The van der Waals surface area contributed by atoms with E-state index in [0.29, 0.717) is 17.1 Å². The van der Waals surface area contributed by atoms with E-state index in [9.17, 15) is 0 Å². The first kappa shape index (κ1) is 12.0. The van der Waals surface area contributed by atoms with Gasteiger partial charge in [-0.15, -0.1) is 5.10 Å². The minimum absolute atomic E-state index is 0.335. The van der Waals surface area contributed by atoms with Gasteiger partial charge in [-0.05, 0) is 6.07 Å². The number of nitrogen functional groups attached to an aromatic ring is 1. The summed E-state index contributed by atoms with van der Waals surface area (Å²) in [5.74, 6) is 2.01. The molecule has 92 valence electrons. The lowest BCUT2D eigenvalue weighted by Gasteiger charge is -2.07. The minimum Gasteiger partial charge on any atom is -0.395 e. The van der Waals surface area contributed by atoms with Gasteiger partial charge in [0.2, 0.25) is 0 Å². The summed E-state index contributed by atoms with van der Waals surface area (Å²) in [5, 5.41) is 13.3. The number of pyridine rings is 1. The van der Waals surface area contributed by atoms with Gasteiger partial charge in [0.15, 0.2) is 11.6 Å². The van der Waals surface area contributed by atoms with Crippen LogP contribution in [0, 0.1) is 11.3 Å². The van der Waals surface area contributed by atoms with Crippen molar-refractivity contribution in [1.29, 1.82) is 5.26 Å². The first-order chi connectivity index (χ1) is 8.71. The summed E-state index contributed by atoms with van der Waals surface area (Å²) in [6.45, 7) is 3.98. The van der Waals surface area contributed by atoms with E-state index in [0.717, 1.165) is 24.5 Å². The Balaban J connectivity index is 2.62. The summed E-state index contributed by atoms with van der Waals surface area (Å²) in [6, 6.07) is 3.62. The summed E-state index contributed by atoms with van der Waals surface area (Å²) in [7, 11) is 0. The Labute approximate surface area is 105 Å². The molecule has 2 rings (SSSR count). The van der Waals surface area contributed by atoms with Gasteiger partial charge in [-0.1, -0.05) is 13.8 Å².